The van der Waals surface area contributed by atoms with Gasteiger partial charge in [-0.1, -0.05) is 0 Å². The number of ether oxygens (including phenoxy) is 2. The summed E-state index contributed by atoms with van der Waals surface area (Å²) in [7, 11) is -0.654. The molecule has 1 amide bonds. The minimum atomic E-state index is -0.654. The number of nitrogens with zero attached hydrogens (tertiary/aromatic N) is 2. The molecule has 0 radical (unpaired) electrons. The Bertz CT molecular complexity index is 1150. The van der Waals surface area contributed by atoms with E-state index < -0.39 is 30.0 Å². The fourth-order valence-electron chi connectivity index (χ4n) is 4.05. The molecule has 36 heavy (non-hydrogen) atoms. The first-order valence-corrected chi connectivity index (χ1v) is 12.5. The molecule has 2 aliphatic rings. The van der Waals surface area contributed by atoms with Gasteiger partial charge in [-0.25, -0.2) is 14.3 Å². The van der Waals surface area contributed by atoms with Crippen molar-refractivity contribution in [1.29, 1.82) is 0 Å². The highest BCUT2D eigenvalue weighted by Gasteiger charge is 2.52. The van der Waals surface area contributed by atoms with E-state index in [0.717, 1.165) is 18.5 Å². The lowest BCUT2D eigenvalue weighted by molar-refractivity contribution is 0.00578. The van der Waals surface area contributed by atoms with Gasteiger partial charge >= 0.3 is 19.2 Å². The molecule has 0 spiro atoms. The minimum Gasteiger partial charge on any atom is -0.462 e. The third kappa shape index (κ3) is 5.44. The zero-order chi connectivity index (χ0) is 26.5. The Labute approximate surface area is 213 Å². The number of hydrogen-bond acceptors (Lipinski definition) is 7. The average Bonchev–Trinajstić information content (AvgIpc) is 3.43. The van der Waals surface area contributed by atoms with E-state index in [9.17, 15) is 9.59 Å². The second kappa shape index (κ2) is 9.23. The van der Waals surface area contributed by atoms with Crippen LogP contribution < -0.4 is 10.8 Å². The smallest absolute Gasteiger partial charge is 0.462 e. The zero-order valence-electron chi connectivity index (χ0n) is 22.4. The van der Waals surface area contributed by atoms with Gasteiger partial charge in [0, 0.05) is 11.6 Å². The molecule has 0 atom stereocenters. The van der Waals surface area contributed by atoms with Crippen LogP contribution in [0.4, 0.5) is 10.5 Å². The summed E-state index contributed by atoms with van der Waals surface area (Å²) in [6.45, 7) is 15.4. The highest BCUT2D eigenvalue weighted by atomic mass is 16.7. The maximum Gasteiger partial charge on any atom is 0.494 e. The van der Waals surface area contributed by atoms with Gasteiger partial charge in [0.05, 0.1) is 35.4 Å². The summed E-state index contributed by atoms with van der Waals surface area (Å²) in [6.07, 6.45) is 2.92. The van der Waals surface area contributed by atoms with Crippen molar-refractivity contribution in [2.24, 2.45) is 0 Å². The molecule has 1 aromatic heterocycles. The van der Waals surface area contributed by atoms with Crippen LogP contribution in [0.15, 0.2) is 24.4 Å². The summed E-state index contributed by atoms with van der Waals surface area (Å²) < 4.78 is 25.0. The number of carbonyl (C=O) groups is 2. The summed E-state index contributed by atoms with van der Waals surface area (Å²) >= 11 is 0. The highest BCUT2D eigenvalue weighted by molar-refractivity contribution is 6.62. The fraction of sp³-hybridized carbons (Fsp3) is 0.577. The van der Waals surface area contributed by atoms with Crippen LogP contribution in [0.2, 0.25) is 0 Å². The van der Waals surface area contributed by atoms with Crippen molar-refractivity contribution in [3.05, 3.63) is 35.7 Å². The predicted octanol–water partition coefficient (Wildman–Crippen LogP) is 4.57. The first-order chi connectivity index (χ1) is 16.7. The SMILES string of the molecule is CCOC(=O)c1cnn(-c2cc(NC(=O)OC(C)(C)C)cc(B3OC(C)(C)C(C)(C)O3)c2)c1C1CC1. The van der Waals surface area contributed by atoms with E-state index in [1.54, 1.807) is 44.6 Å². The van der Waals surface area contributed by atoms with Crippen molar-refractivity contribution in [2.75, 3.05) is 11.9 Å². The molecule has 0 bridgehead atoms. The Morgan fingerprint density at radius 2 is 1.78 bits per heavy atom. The standard InChI is InChI=1S/C26H36BN3O6/c1-9-33-22(31)20-15-28-30(21(20)16-10-11-16)19-13-17(27-35-25(5,6)26(7,8)36-27)12-18(14-19)29-23(32)34-24(2,3)4/h12-16H,9-11H2,1-8H3,(H,29,32). The number of aromatic nitrogens is 2. The number of amides is 1. The molecule has 1 saturated carbocycles. The Morgan fingerprint density at radius 1 is 1.14 bits per heavy atom. The van der Waals surface area contributed by atoms with Crippen LogP contribution in [0.1, 0.15) is 90.2 Å². The summed E-state index contributed by atoms with van der Waals surface area (Å²) in [5.74, 6) is -0.172. The quantitative estimate of drug-likeness (QED) is 0.461. The molecule has 1 saturated heterocycles. The molecule has 2 aromatic rings. The summed E-state index contributed by atoms with van der Waals surface area (Å²) in [4.78, 5) is 25.2. The third-order valence-corrected chi connectivity index (χ3v) is 6.62. The molecule has 1 aromatic carbocycles. The molecule has 10 heteroatoms. The molecule has 1 N–H and O–H groups in total. The zero-order valence-corrected chi connectivity index (χ0v) is 22.4. The Morgan fingerprint density at radius 3 is 2.33 bits per heavy atom. The molecule has 4 rings (SSSR count). The van der Waals surface area contributed by atoms with Gasteiger partial charge in [0.15, 0.2) is 0 Å². The van der Waals surface area contributed by atoms with E-state index in [2.05, 4.69) is 10.4 Å². The topological polar surface area (TPSA) is 101 Å². The number of anilines is 1. The molecule has 194 valence electrons. The first kappa shape index (κ1) is 26.2. The lowest BCUT2D eigenvalue weighted by atomic mass is 9.78. The summed E-state index contributed by atoms with van der Waals surface area (Å²) in [6, 6.07) is 5.52. The molecule has 9 nitrogen and oxygen atoms in total. The number of benzene rings is 1. The average molecular weight is 497 g/mol. The van der Waals surface area contributed by atoms with Gasteiger partial charge in [-0.05, 0) is 91.9 Å². The van der Waals surface area contributed by atoms with E-state index in [1.165, 1.54) is 0 Å². The maximum absolute atomic E-state index is 12.6. The molecule has 0 unspecified atom stereocenters. The van der Waals surface area contributed by atoms with Gasteiger partial charge in [0.2, 0.25) is 0 Å². The molecular formula is C26H36BN3O6. The van der Waals surface area contributed by atoms with Crippen LogP contribution in [-0.4, -0.2) is 52.4 Å². The van der Waals surface area contributed by atoms with Crippen molar-refractivity contribution in [2.45, 2.75) is 91.0 Å². The van der Waals surface area contributed by atoms with Crippen molar-refractivity contribution in [3.63, 3.8) is 0 Å². The number of hydrogen-bond donors (Lipinski definition) is 1. The van der Waals surface area contributed by atoms with Gasteiger partial charge in [0.1, 0.15) is 11.2 Å². The number of nitrogens with one attached hydrogen (secondary N) is 1. The minimum absolute atomic E-state index is 0.217. The summed E-state index contributed by atoms with van der Waals surface area (Å²) in [5.41, 5.74) is 1.44. The molecule has 1 aliphatic carbocycles. The van der Waals surface area contributed by atoms with Gasteiger partial charge in [-0.15, -0.1) is 0 Å². The van der Waals surface area contributed by atoms with E-state index >= 15 is 0 Å². The van der Waals surface area contributed by atoms with Gasteiger partial charge in [-0.3, -0.25) is 5.32 Å². The van der Waals surface area contributed by atoms with E-state index in [4.69, 9.17) is 18.8 Å². The van der Waals surface area contributed by atoms with Crippen LogP contribution in [-0.2, 0) is 18.8 Å². The van der Waals surface area contributed by atoms with E-state index in [0.29, 0.717) is 22.4 Å². The highest BCUT2D eigenvalue weighted by Crippen LogP contribution is 2.43. The van der Waals surface area contributed by atoms with Crippen molar-refractivity contribution in [1.82, 2.24) is 9.78 Å². The van der Waals surface area contributed by atoms with Crippen LogP contribution in [0.25, 0.3) is 5.69 Å². The van der Waals surface area contributed by atoms with E-state index in [-0.39, 0.29) is 18.5 Å². The normalized spacial score (nSPS) is 18.7. The number of esters is 1. The van der Waals surface area contributed by atoms with Gasteiger partial charge < -0.3 is 18.8 Å². The monoisotopic (exact) mass is 497 g/mol. The lowest BCUT2D eigenvalue weighted by Gasteiger charge is -2.32. The number of carbonyl (C=O) groups excluding carboxylic acids is 2. The Balaban J connectivity index is 1.77. The van der Waals surface area contributed by atoms with Crippen molar-refractivity contribution < 1.29 is 28.4 Å². The third-order valence-electron chi connectivity index (χ3n) is 6.62. The largest absolute Gasteiger partial charge is 0.494 e. The molecule has 2 heterocycles. The van der Waals surface area contributed by atoms with Gasteiger partial charge in [-0.2, -0.15) is 5.10 Å². The van der Waals surface area contributed by atoms with Crippen LogP contribution >= 0.6 is 0 Å². The molecule has 1 aliphatic heterocycles. The van der Waals surface area contributed by atoms with Crippen LogP contribution in [0.5, 0.6) is 0 Å². The van der Waals surface area contributed by atoms with Crippen LogP contribution in [0, 0.1) is 0 Å². The second-order valence-electron chi connectivity index (χ2n) is 11.4. The Kier molecular flexibility index (Phi) is 6.72. The molecule has 2 fully saturated rings. The summed E-state index contributed by atoms with van der Waals surface area (Å²) in [5, 5.41) is 7.37. The maximum atomic E-state index is 12.6. The van der Waals surface area contributed by atoms with Crippen molar-refractivity contribution >= 4 is 30.3 Å². The first-order valence-electron chi connectivity index (χ1n) is 12.5. The van der Waals surface area contributed by atoms with Gasteiger partial charge in [0.25, 0.3) is 0 Å². The fourth-order valence-corrected chi connectivity index (χ4v) is 4.05. The van der Waals surface area contributed by atoms with Crippen molar-refractivity contribution in [3.8, 4) is 5.69 Å². The van der Waals surface area contributed by atoms with E-state index in [1.807, 2.05) is 39.8 Å². The lowest BCUT2D eigenvalue weighted by Crippen LogP contribution is -2.41. The Hall–Kier alpha value is -2.85. The second-order valence-corrected chi connectivity index (χ2v) is 11.4. The number of rotatable bonds is 6. The molecular weight excluding hydrogens is 461 g/mol. The predicted molar refractivity (Wildman–Crippen MR) is 137 cm³/mol. The van der Waals surface area contributed by atoms with Crippen LogP contribution in [0.3, 0.4) is 0 Å².